The maximum Gasteiger partial charge on any atom is 0.231 e. The Hall–Kier alpha value is -3.69. The minimum atomic E-state index is -0.237. The van der Waals surface area contributed by atoms with Crippen molar-refractivity contribution in [3.63, 3.8) is 0 Å². The third kappa shape index (κ3) is 5.42. The quantitative estimate of drug-likeness (QED) is 0.314. The van der Waals surface area contributed by atoms with Crippen LogP contribution in [-0.2, 0) is 11.4 Å². The van der Waals surface area contributed by atoms with Gasteiger partial charge in [0.15, 0.2) is 11.0 Å². The summed E-state index contributed by atoms with van der Waals surface area (Å²) in [5.41, 5.74) is 1.78. The zero-order chi connectivity index (χ0) is 24.9. The molecule has 8 nitrogen and oxygen atoms in total. The lowest BCUT2D eigenvalue weighted by molar-refractivity contribution is -0.119. The number of para-hydroxylation sites is 1. The van der Waals surface area contributed by atoms with E-state index in [1.165, 1.54) is 11.8 Å². The molecule has 0 aliphatic carbocycles. The fourth-order valence-electron chi connectivity index (χ4n) is 3.81. The summed E-state index contributed by atoms with van der Waals surface area (Å²) in [6, 6.07) is 22.2. The highest BCUT2D eigenvalue weighted by Crippen LogP contribution is 2.35. The van der Waals surface area contributed by atoms with Gasteiger partial charge in [-0.15, -0.1) is 10.2 Å². The van der Waals surface area contributed by atoms with Crippen molar-refractivity contribution in [1.82, 2.24) is 20.1 Å². The van der Waals surface area contributed by atoms with E-state index in [1.807, 2.05) is 53.1 Å². The molecule has 0 bridgehead atoms. The molecule has 1 aromatic heterocycles. The van der Waals surface area contributed by atoms with Gasteiger partial charge in [0, 0.05) is 16.3 Å². The Labute approximate surface area is 217 Å². The predicted molar refractivity (Wildman–Crippen MR) is 137 cm³/mol. The number of nitrogens with one attached hydrogen (secondary N) is 1. The molecule has 4 aromatic rings. The highest BCUT2D eigenvalue weighted by molar-refractivity contribution is 7.99. The molecule has 0 unspecified atom stereocenters. The fourth-order valence-corrected chi connectivity index (χ4v) is 4.72. The first-order chi connectivity index (χ1) is 17.6. The van der Waals surface area contributed by atoms with Crippen LogP contribution in [0.3, 0.4) is 0 Å². The Kier molecular flexibility index (Phi) is 7.29. The van der Waals surface area contributed by atoms with Crippen LogP contribution in [0.4, 0.5) is 0 Å². The number of methoxy groups -OCH3 is 1. The minimum absolute atomic E-state index is 0.133. The second-order valence-corrected chi connectivity index (χ2v) is 9.31. The number of thioether (sulfide) groups is 1. The first-order valence-corrected chi connectivity index (χ1v) is 12.6. The summed E-state index contributed by atoms with van der Waals surface area (Å²) in [7, 11) is 1.61. The summed E-state index contributed by atoms with van der Waals surface area (Å²) in [4.78, 5) is 12.8. The van der Waals surface area contributed by atoms with Crippen LogP contribution in [0.25, 0.3) is 5.69 Å². The smallest absolute Gasteiger partial charge is 0.231 e. The highest BCUT2D eigenvalue weighted by Gasteiger charge is 2.26. The summed E-state index contributed by atoms with van der Waals surface area (Å²) < 4.78 is 18.8. The number of benzene rings is 3. The summed E-state index contributed by atoms with van der Waals surface area (Å²) in [6.45, 7) is 0.583. The van der Waals surface area contributed by atoms with E-state index >= 15 is 0 Å². The molecule has 3 aromatic carbocycles. The van der Waals surface area contributed by atoms with E-state index < -0.39 is 0 Å². The molecule has 0 spiro atoms. The predicted octanol–water partition coefficient (Wildman–Crippen LogP) is 4.85. The van der Waals surface area contributed by atoms with Crippen molar-refractivity contribution < 1.29 is 19.0 Å². The normalized spacial score (nSPS) is 14.1. The van der Waals surface area contributed by atoms with Gasteiger partial charge in [-0.05, 0) is 54.6 Å². The van der Waals surface area contributed by atoms with Crippen LogP contribution in [0.1, 0.15) is 17.4 Å². The van der Waals surface area contributed by atoms with Crippen LogP contribution in [0.2, 0.25) is 5.02 Å². The molecule has 1 amide bonds. The van der Waals surface area contributed by atoms with Crippen molar-refractivity contribution in [3.05, 3.63) is 89.2 Å². The van der Waals surface area contributed by atoms with Crippen molar-refractivity contribution in [2.24, 2.45) is 0 Å². The largest absolute Gasteiger partial charge is 0.497 e. The first kappa shape index (κ1) is 24.0. The molecule has 1 aliphatic rings. The van der Waals surface area contributed by atoms with E-state index in [1.54, 1.807) is 31.4 Å². The van der Waals surface area contributed by atoms with E-state index in [2.05, 4.69) is 15.5 Å². The van der Waals surface area contributed by atoms with Crippen LogP contribution < -0.4 is 19.5 Å². The monoisotopic (exact) mass is 522 g/mol. The van der Waals surface area contributed by atoms with Gasteiger partial charge in [0.25, 0.3) is 0 Å². The lowest BCUT2D eigenvalue weighted by Gasteiger charge is -2.13. The molecule has 0 fully saturated rings. The van der Waals surface area contributed by atoms with Gasteiger partial charge in [-0.3, -0.25) is 9.36 Å². The van der Waals surface area contributed by atoms with Crippen molar-refractivity contribution in [3.8, 4) is 22.9 Å². The Morgan fingerprint density at radius 2 is 1.89 bits per heavy atom. The van der Waals surface area contributed by atoms with E-state index in [0.717, 1.165) is 22.7 Å². The number of hydrogen-bond donors (Lipinski definition) is 1. The third-order valence-electron chi connectivity index (χ3n) is 5.56. The summed E-state index contributed by atoms with van der Waals surface area (Å²) in [5, 5.41) is 12.9. The number of nitrogens with zero attached hydrogens (tertiary/aromatic N) is 3. The van der Waals surface area contributed by atoms with E-state index in [0.29, 0.717) is 28.4 Å². The van der Waals surface area contributed by atoms with E-state index in [4.69, 9.17) is 25.8 Å². The van der Waals surface area contributed by atoms with E-state index in [9.17, 15) is 4.79 Å². The third-order valence-corrected chi connectivity index (χ3v) is 6.74. The summed E-state index contributed by atoms with van der Waals surface area (Å²) >= 11 is 7.27. The molecule has 0 saturated carbocycles. The molecular formula is C26H23ClN4O4S. The van der Waals surface area contributed by atoms with Crippen LogP contribution in [0, 0.1) is 0 Å². The van der Waals surface area contributed by atoms with Crippen LogP contribution in [0.15, 0.2) is 78.0 Å². The molecule has 2 heterocycles. The molecule has 0 saturated heterocycles. The topological polar surface area (TPSA) is 87.5 Å². The number of aromatic nitrogens is 3. The Bertz CT molecular complexity index is 1350. The minimum Gasteiger partial charge on any atom is -0.497 e. The molecule has 36 heavy (non-hydrogen) atoms. The summed E-state index contributed by atoms with van der Waals surface area (Å²) in [5.74, 6) is 2.79. The van der Waals surface area contributed by atoms with Gasteiger partial charge in [-0.25, -0.2) is 0 Å². The maximum atomic E-state index is 12.8. The zero-order valence-corrected chi connectivity index (χ0v) is 21.0. The number of fused-ring (bicyclic) bond motifs is 1. The van der Waals surface area contributed by atoms with Crippen molar-refractivity contribution in [1.29, 1.82) is 0 Å². The van der Waals surface area contributed by atoms with Gasteiger partial charge in [-0.1, -0.05) is 41.6 Å². The second kappa shape index (κ2) is 10.9. The van der Waals surface area contributed by atoms with Crippen LogP contribution >= 0.6 is 23.4 Å². The molecule has 1 atom stereocenters. The van der Waals surface area contributed by atoms with Crippen molar-refractivity contribution >= 4 is 29.3 Å². The summed E-state index contributed by atoms with van der Waals surface area (Å²) in [6.07, 6.45) is 0. The number of carbonyl (C=O) groups is 1. The number of amides is 1. The number of hydrogen-bond acceptors (Lipinski definition) is 7. The van der Waals surface area contributed by atoms with Gasteiger partial charge < -0.3 is 19.5 Å². The molecular weight excluding hydrogens is 500 g/mol. The Morgan fingerprint density at radius 1 is 1.11 bits per heavy atom. The lowest BCUT2D eigenvalue weighted by Crippen LogP contribution is -2.30. The van der Waals surface area contributed by atoms with Crippen LogP contribution in [0.5, 0.6) is 17.2 Å². The number of ether oxygens (including phenoxy) is 3. The molecule has 1 aliphatic heterocycles. The average Bonchev–Trinajstić information content (AvgIpc) is 3.51. The van der Waals surface area contributed by atoms with Gasteiger partial charge >= 0.3 is 0 Å². The first-order valence-electron chi connectivity index (χ1n) is 11.2. The Balaban J connectivity index is 1.28. The van der Waals surface area contributed by atoms with Gasteiger partial charge in [-0.2, -0.15) is 0 Å². The molecule has 1 N–H and O–H groups in total. The second-order valence-electron chi connectivity index (χ2n) is 7.94. The fraction of sp³-hybridized carbons (Fsp3) is 0.192. The maximum absolute atomic E-state index is 12.8. The lowest BCUT2D eigenvalue weighted by atomic mass is 10.1. The molecule has 5 rings (SSSR count). The number of rotatable bonds is 9. The highest BCUT2D eigenvalue weighted by atomic mass is 35.5. The number of halogens is 1. The van der Waals surface area contributed by atoms with Crippen molar-refractivity contribution in [2.45, 2.75) is 17.8 Å². The number of carbonyl (C=O) groups excluding carboxylic acids is 1. The van der Waals surface area contributed by atoms with E-state index in [-0.39, 0.29) is 24.3 Å². The van der Waals surface area contributed by atoms with Gasteiger partial charge in [0.1, 0.15) is 30.5 Å². The standard InChI is InChI=1S/C26H23ClN4O4S/c1-33-20-11-12-23-21(13-20)22(14-35-23)28-25(32)16-36-26-30-29-24(31(26)18-5-3-2-4-6-18)15-34-19-9-7-17(27)8-10-19/h2-13,22H,14-16H2,1H3,(H,28,32)/t22-/m1/s1. The SMILES string of the molecule is COc1ccc2c(c1)[C@H](NC(=O)CSc1nnc(COc3ccc(Cl)cc3)n1-c1ccccc1)CO2. The molecule has 10 heteroatoms. The zero-order valence-electron chi connectivity index (χ0n) is 19.4. The molecule has 0 radical (unpaired) electrons. The average molecular weight is 523 g/mol. The van der Waals surface area contributed by atoms with Crippen molar-refractivity contribution in [2.75, 3.05) is 19.5 Å². The van der Waals surface area contributed by atoms with Gasteiger partial charge in [0.05, 0.1) is 18.9 Å². The molecule has 184 valence electrons. The Morgan fingerprint density at radius 3 is 2.67 bits per heavy atom. The van der Waals surface area contributed by atoms with Crippen LogP contribution in [-0.4, -0.2) is 40.1 Å². The van der Waals surface area contributed by atoms with Gasteiger partial charge in [0.2, 0.25) is 5.91 Å².